The van der Waals surface area contributed by atoms with Crippen LogP contribution < -0.4 is 10.6 Å². The molecule has 0 bridgehead atoms. The molecule has 0 aliphatic carbocycles. The molecule has 0 fully saturated rings. The SMILES string of the molecule is CC(C)CC(CO)NC(=O)NCCS(=O)C(C)(C)C. The zero-order valence-electron chi connectivity index (χ0n) is 12.7. The van der Waals surface area contributed by atoms with Crippen molar-refractivity contribution in [1.29, 1.82) is 0 Å². The van der Waals surface area contributed by atoms with Crippen LogP contribution in [0.2, 0.25) is 0 Å². The van der Waals surface area contributed by atoms with Crippen LogP contribution in [0, 0.1) is 5.92 Å². The van der Waals surface area contributed by atoms with Gasteiger partial charge in [0, 0.05) is 27.8 Å². The predicted octanol–water partition coefficient (Wildman–Crippen LogP) is 1.24. The average molecular weight is 292 g/mol. The molecule has 3 N–H and O–H groups in total. The van der Waals surface area contributed by atoms with Crippen LogP contribution in [0.15, 0.2) is 0 Å². The van der Waals surface area contributed by atoms with E-state index in [2.05, 4.69) is 10.6 Å². The summed E-state index contributed by atoms with van der Waals surface area (Å²) >= 11 is 0. The van der Waals surface area contributed by atoms with Gasteiger partial charge in [0.15, 0.2) is 0 Å². The van der Waals surface area contributed by atoms with Gasteiger partial charge in [-0.1, -0.05) is 13.8 Å². The lowest BCUT2D eigenvalue weighted by Crippen LogP contribution is -2.45. The summed E-state index contributed by atoms with van der Waals surface area (Å²) in [6.45, 7) is 10.1. The zero-order chi connectivity index (χ0) is 15.1. The summed E-state index contributed by atoms with van der Waals surface area (Å²) in [6, 6.07) is -0.543. The molecule has 0 rings (SSSR count). The van der Waals surface area contributed by atoms with Crippen molar-refractivity contribution in [2.45, 2.75) is 51.8 Å². The fraction of sp³-hybridized carbons (Fsp3) is 0.923. The van der Waals surface area contributed by atoms with Gasteiger partial charge in [0.2, 0.25) is 0 Å². The van der Waals surface area contributed by atoms with E-state index in [1.807, 2.05) is 34.6 Å². The highest BCUT2D eigenvalue weighted by molar-refractivity contribution is 7.86. The standard InChI is InChI=1S/C13H28N2O3S/c1-10(2)8-11(9-16)15-12(17)14-6-7-19(18)13(3,4)5/h10-11,16H,6-9H2,1-5H3,(H2,14,15,17). The van der Waals surface area contributed by atoms with Crippen molar-refractivity contribution in [3.05, 3.63) is 0 Å². The van der Waals surface area contributed by atoms with Gasteiger partial charge in [-0.3, -0.25) is 4.21 Å². The van der Waals surface area contributed by atoms with E-state index in [4.69, 9.17) is 5.11 Å². The molecule has 2 amide bonds. The molecule has 0 heterocycles. The predicted molar refractivity (Wildman–Crippen MR) is 79.6 cm³/mol. The second kappa shape index (κ2) is 8.53. The Balaban J connectivity index is 3.96. The van der Waals surface area contributed by atoms with E-state index in [9.17, 15) is 9.00 Å². The maximum Gasteiger partial charge on any atom is 0.315 e. The molecule has 0 spiro atoms. The molecular weight excluding hydrogens is 264 g/mol. The summed E-state index contributed by atoms with van der Waals surface area (Å²) < 4.78 is 11.5. The third-order valence-electron chi connectivity index (χ3n) is 2.57. The van der Waals surface area contributed by atoms with E-state index in [1.165, 1.54) is 0 Å². The molecule has 114 valence electrons. The van der Waals surface area contributed by atoms with Crippen molar-refractivity contribution in [3.63, 3.8) is 0 Å². The quantitative estimate of drug-likeness (QED) is 0.660. The highest BCUT2D eigenvalue weighted by atomic mass is 32.2. The van der Waals surface area contributed by atoms with Gasteiger partial charge in [-0.15, -0.1) is 0 Å². The van der Waals surface area contributed by atoms with Crippen molar-refractivity contribution < 1.29 is 14.1 Å². The molecule has 0 aromatic carbocycles. The van der Waals surface area contributed by atoms with Crippen molar-refractivity contribution in [1.82, 2.24) is 10.6 Å². The van der Waals surface area contributed by atoms with Crippen LogP contribution >= 0.6 is 0 Å². The van der Waals surface area contributed by atoms with Gasteiger partial charge in [0.25, 0.3) is 0 Å². The van der Waals surface area contributed by atoms with Crippen LogP contribution in [0.5, 0.6) is 0 Å². The largest absolute Gasteiger partial charge is 0.394 e. The van der Waals surface area contributed by atoms with Gasteiger partial charge < -0.3 is 15.7 Å². The van der Waals surface area contributed by atoms with Gasteiger partial charge in [0.1, 0.15) is 0 Å². The first-order valence-corrected chi connectivity index (χ1v) is 8.02. The number of carbonyl (C=O) groups excluding carboxylic acids is 1. The molecule has 0 saturated heterocycles. The number of rotatable bonds is 7. The smallest absolute Gasteiger partial charge is 0.315 e. The molecule has 0 aromatic heterocycles. The molecule has 0 saturated carbocycles. The van der Waals surface area contributed by atoms with Crippen LogP contribution in [-0.2, 0) is 10.8 Å². The van der Waals surface area contributed by atoms with Crippen LogP contribution in [0.25, 0.3) is 0 Å². The van der Waals surface area contributed by atoms with E-state index in [0.717, 1.165) is 6.42 Å². The fourth-order valence-electron chi connectivity index (χ4n) is 1.55. The van der Waals surface area contributed by atoms with Crippen LogP contribution in [0.3, 0.4) is 0 Å². The monoisotopic (exact) mass is 292 g/mol. The Morgan fingerprint density at radius 1 is 1.32 bits per heavy atom. The first-order chi connectivity index (χ1) is 8.66. The molecule has 0 aromatic rings. The minimum absolute atomic E-state index is 0.0699. The van der Waals surface area contributed by atoms with Crippen LogP contribution in [0.4, 0.5) is 4.79 Å². The Labute approximate surface area is 119 Å². The topological polar surface area (TPSA) is 78.4 Å². The number of aliphatic hydroxyl groups excluding tert-OH is 1. The molecule has 5 nitrogen and oxygen atoms in total. The van der Waals surface area contributed by atoms with Crippen LogP contribution in [-0.4, -0.2) is 45.0 Å². The van der Waals surface area contributed by atoms with Gasteiger partial charge >= 0.3 is 6.03 Å². The van der Waals surface area contributed by atoms with Crippen molar-refractivity contribution in [3.8, 4) is 0 Å². The van der Waals surface area contributed by atoms with Crippen molar-refractivity contribution in [2.24, 2.45) is 5.92 Å². The van der Waals surface area contributed by atoms with Gasteiger partial charge in [0.05, 0.1) is 12.6 Å². The average Bonchev–Trinajstić information content (AvgIpc) is 2.25. The Hall–Kier alpha value is -0.620. The molecule has 19 heavy (non-hydrogen) atoms. The minimum atomic E-state index is -0.969. The number of hydrogen-bond acceptors (Lipinski definition) is 3. The number of urea groups is 1. The van der Waals surface area contributed by atoms with E-state index in [1.54, 1.807) is 0 Å². The minimum Gasteiger partial charge on any atom is -0.394 e. The Bertz CT molecular complexity index is 301. The molecule has 2 atom stereocenters. The normalized spacial score (nSPS) is 15.1. The van der Waals surface area contributed by atoms with Crippen molar-refractivity contribution >= 4 is 16.8 Å². The number of amides is 2. The second-order valence-electron chi connectivity index (χ2n) is 6.07. The highest BCUT2D eigenvalue weighted by Gasteiger charge is 2.19. The number of aliphatic hydroxyl groups is 1. The summed E-state index contributed by atoms with van der Waals surface area (Å²) in [6.07, 6.45) is 0.734. The first-order valence-electron chi connectivity index (χ1n) is 6.70. The Kier molecular flexibility index (Phi) is 8.25. The molecular formula is C13H28N2O3S. The Morgan fingerprint density at radius 2 is 1.89 bits per heavy atom. The van der Waals surface area contributed by atoms with Crippen molar-refractivity contribution in [2.75, 3.05) is 18.9 Å². The van der Waals surface area contributed by atoms with E-state index < -0.39 is 10.8 Å². The van der Waals surface area contributed by atoms with E-state index in [0.29, 0.717) is 18.2 Å². The number of nitrogens with one attached hydrogen (secondary N) is 2. The summed E-state index contributed by atoms with van der Waals surface area (Å²) in [5, 5.41) is 14.5. The third-order valence-corrected chi connectivity index (χ3v) is 4.51. The molecule has 2 unspecified atom stereocenters. The fourth-order valence-corrected chi connectivity index (χ4v) is 2.45. The Morgan fingerprint density at radius 3 is 2.32 bits per heavy atom. The molecule has 6 heteroatoms. The van der Waals surface area contributed by atoms with Crippen LogP contribution in [0.1, 0.15) is 41.0 Å². The van der Waals surface area contributed by atoms with E-state index >= 15 is 0 Å². The second-order valence-corrected chi connectivity index (χ2v) is 8.40. The maximum absolute atomic E-state index is 11.8. The van der Waals surface area contributed by atoms with Gasteiger partial charge in [-0.2, -0.15) is 0 Å². The summed E-state index contributed by atoms with van der Waals surface area (Å²) in [7, 11) is -0.969. The molecule has 0 aliphatic rings. The lowest BCUT2D eigenvalue weighted by molar-refractivity contribution is 0.207. The van der Waals surface area contributed by atoms with Gasteiger partial charge in [-0.25, -0.2) is 4.79 Å². The summed E-state index contributed by atoms with van der Waals surface area (Å²) in [4.78, 5) is 11.6. The number of carbonyl (C=O) groups is 1. The first kappa shape index (κ1) is 18.4. The maximum atomic E-state index is 11.8. The number of hydrogen-bond donors (Lipinski definition) is 3. The summed E-state index contributed by atoms with van der Waals surface area (Å²) in [5.74, 6) is 0.844. The third kappa shape index (κ3) is 8.99. The van der Waals surface area contributed by atoms with E-state index in [-0.39, 0.29) is 23.4 Å². The lowest BCUT2D eigenvalue weighted by Gasteiger charge is -2.20. The highest BCUT2D eigenvalue weighted by Crippen LogP contribution is 2.10. The zero-order valence-corrected chi connectivity index (χ0v) is 13.5. The summed E-state index contributed by atoms with van der Waals surface area (Å²) in [5.41, 5.74) is 0. The lowest BCUT2D eigenvalue weighted by atomic mass is 10.0. The molecule has 0 aliphatic heterocycles. The van der Waals surface area contributed by atoms with Gasteiger partial charge in [-0.05, 0) is 33.1 Å². The molecule has 0 radical (unpaired) electrons.